The number of aliphatic hydroxyl groups excluding tert-OH is 1. The quantitative estimate of drug-likeness (QED) is 0.0740. The first-order valence-electron chi connectivity index (χ1n) is 16.5. The smallest absolute Gasteiger partial charge is 0.240 e. The predicted octanol–water partition coefficient (Wildman–Crippen LogP) is 8.18. The third-order valence-electron chi connectivity index (χ3n) is 9.05. The summed E-state index contributed by atoms with van der Waals surface area (Å²) < 4.78 is 30.0. The fourth-order valence-electron chi connectivity index (χ4n) is 6.34. The zero-order valence-corrected chi connectivity index (χ0v) is 30.6. The van der Waals surface area contributed by atoms with Crippen molar-refractivity contribution in [3.8, 4) is 0 Å². The molecule has 5 nitrogen and oxygen atoms in total. The fourth-order valence-corrected chi connectivity index (χ4v) is 7.82. The van der Waals surface area contributed by atoms with Gasteiger partial charge in [0.15, 0.2) is 0 Å². The van der Waals surface area contributed by atoms with Crippen molar-refractivity contribution in [1.29, 1.82) is 0 Å². The van der Waals surface area contributed by atoms with E-state index in [4.69, 9.17) is 5.73 Å². The number of aliphatic hydroxyl groups is 1. The number of nitrogens with two attached hydrogens (primary N) is 1. The predicted molar refractivity (Wildman–Crippen MR) is 207 cm³/mol. The molecule has 0 atom stereocenters. The van der Waals surface area contributed by atoms with Crippen LogP contribution in [0.1, 0.15) is 53.5 Å². The van der Waals surface area contributed by atoms with Crippen molar-refractivity contribution in [2.75, 3.05) is 24.1 Å². The Morgan fingerprint density at radius 3 is 1.40 bits per heavy atom. The Hall–Kier alpha value is -3.34. The molecule has 5 aromatic rings. The maximum absolute atomic E-state index is 13.0. The second-order valence-electron chi connectivity index (χ2n) is 12.1. The molecule has 0 amide bonds. The molecule has 5 aromatic carbocycles. The first-order valence-corrected chi connectivity index (χ1v) is 19.5. The number of aryl methyl sites for hydroxylation is 1. The molecule has 0 spiro atoms. The highest BCUT2D eigenvalue weighted by atomic mass is 127. The minimum Gasteiger partial charge on any atom is -0.396 e. The van der Waals surface area contributed by atoms with E-state index < -0.39 is 15.4 Å². The van der Waals surface area contributed by atoms with Gasteiger partial charge in [-0.15, -0.1) is 0 Å². The molecule has 48 heavy (non-hydrogen) atoms. The third-order valence-corrected chi connectivity index (χ3v) is 11.2. The average Bonchev–Trinajstić information content (AvgIpc) is 3.14. The lowest BCUT2D eigenvalue weighted by atomic mass is 9.71. The van der Waals surface area contributed by atoms with Gasteiger partial charge in [-0.3, -0.25) is 0 Å². The van der Waals surface area contributed by atoms with Crippen molar-refractivity contribution < 1.29 is 13.5 Å². The molecule has 7 heteroatoms. The summed E-state index contributed by atoms with van der Waals surface area (Å²) in [5, 5.41) is 9.18. The van der Waals surface area contributed by atoms with Crippen molar-refractivity contribution in [3.63, 3.8) is 0 Å². The summed E-state index contributed by atoms with van der Waals surface area (Å²) in [5.41, 5.74) is 11.2. The Balaban J connectivity index is 0.000000237. The number of benzene rings is 5. The summed E-state index contributed by atoms with van der Waals surface area (Å²) in [6, 6.07) is 48.1. The minimum atomic E-state index is -3.60. The van der Waals surface area contributed by atoms with Crippen LogP contribution in [0.3, 0.4) is 0 Å². The number of rotatable bonds is 15. The first kappa shape index (κ1) is 37.5. The first-order chi connectivity index (χ1) is 23.3. The molecule has 0 aliphatic heterocycles. The maximum Gasteiger partial charge on any atom is 0.240 e. The Morgan fingerprint density at radius 1 is 0.625 bits per heavy atom. The van der Waals surface area contributed by atoms with E-state index >= 15 is 0 Å². The number of sulfonamides is 1. The summed E-state index contributed by atoms with van der Waals surface area (Å²) in [7, 11) is -3.60. The molecule has 0 bridgehead atoms. The SMILES string of the molecule is Cc1ccc(S(=O)(=O)NCC(CCCI)(c2ccccc2)c2ccccc2)cc1.NCC(CCCO)(c1ccccc1)c1ccccc1. The monoisotopic (exact) mass is 774 g/mol. The zero-order valence-electron chi connectivity index (χ0n) is 27.6. The molecular weight excluding hydrogens is 727 g/mol. The number of nitrogens with one attached hydrogen (secondary N) is 1. The van der Waals surface area contributed by atoms with Crippen LogP contribution in [0.25, 0.3) is 0 Å². The van der Waals surface area contributed by atoms with Crippen LogP contribution in [0.4, 0.5) is 0 Å². The molecule has 0 unspecified atom stereocenters. The molecule has 0 saturated carbocycles. The second kappa shape index (κ2) is 18.4. The van der Waals surface area contributed by atoms with Crippen LogP contribution in [0.15, 0.2) is 150 Å². The number of hydrogen-bond acceptors (Lipinski definition) is 4. The van der Waals surface area contributed by atoms with Gasteiger partial charge in [0.2, 0.25) is 10.0 Å². The largest absolute Gasteiger partial charge is 0.396 e. The third kappa shape index (κ3) is 9.42. The second-order valence-corrected chi connectivity index (χ2v) is 14.9. The van der Waals surface area contributed by atoms with Crippen LogP contribution in [-0.2, 0) is 20.9 Å². The average molecular weight is 775 g/mol. The normalized spacial score (nSPS) is 11.8. The number of alkyl halides is 1. The van der Waals surface area contributed by atoms with Crippen LogP contribution in [0.2, 0.25) is 0 Å². The van der Waals surface area contributed by atoms with E-state index in [0.29, 0.717) is 18.0 Å². The van der Waals surface area contributed by atoms with Crippen molar-refractivity contribution in [1.82, 2.24) is 4.72 Å². The van der Waals surface area contributed by atoms with Gasteiger partial charge in [0.25, 0.3) is 0 Å². The highest BCUT2D eigenvalue weighted by molar-refractivity contribution is 14.1. The van der Waals surface area contributed by atoms with Crippen molar-refractivity contribution in [2.45, 2.75) is 48.3 Å². The molecule has 0 radical (unpaired) electrons. The van der Waals surface area contributed by atoms with E-state index in [-0.39, 0.29) is 12.0 Å². The van der Waals surface area contributed by atoms with Crippen LogP contribution < -0.4 is 10.5 Å². The van der Waals surface area contributed by atoms with Gasteiger partial charge in [-0.05, 0) is 71.4 Å². The van der Waals surface area contributed by atoms with Crippen LogP contribution >= 0.6 is 22.6 Å². The van der Waals surface area contributed by atoms with Crippen molar-refractivity contribution in [2.24, 2.45) is 5.73 Å². The van der Waals surface area contributed by atoms with Gasteiger partial charge in [0.05, 0.1) is 4.90 Å². The van der Waals surface area contributed by atoms with Gasteiger partial charge in [0, 0.05) is 30.5 Å². The Bertz CT molecular complexity index is 1660. The van der Waals surface area contributed by atoms with E-state index in [9.17, 15) is 13.5 Å². The van der Waals surface area contributed by atoms with Crippen LogP contribution in [0, 0.1) is 6.92 Å². The maximum atomic E-state index is 13.0. The molecule has 0 heterocycles. The lowest BCUT2D eigenvalue weighted by molar-refractivity contribution is 0.270. The highest BCUT2D eigenvalue weighted by Crippen LogP contribution is 2.38. The van der Waals surface area contributed by atoms with E-state index in [1.54, 1.807) is 12.1 Å². The van der Waals surface area contributed by atoms with Gasteiger partial charge in [-0.2, -0.15) is 0 Å². The van der Waals surface area contributed by atoms with E-state index in [0.717, 1.165) is 46.8 Å². The Kier molecular flexibility index (Phi) is 14.4. The van der Waals surface area contributed by atoms with E-state index in [1.807, 2.05) is 91.9 Å². The lowest BCUT2D eigenvalue weighted by Crippen LogP contribution is -2.42. The van der Waals surface area contributed by atoms with E-state index in [2.05, 4.69) is 75.8 Å². The van der Waals surface area contributed by atoms with Gasteiger partial charge >= 0.3 is 0 Å². The Labute approximate surface area is 300 Å². The summed E-state index contributed by atoms with van der Waals surface area (Å²) >= 11 is 2.38. The molecule has 0 aromatic heterocycles. The summed E-state index contributed by atoms with van der Waals surface area (Å²) in [6.07, 6.45) is 3.46. The van der Waals surface area contributed by atoms with Gasteiger partial charge in [0.1, 0.15) is 0 Å². The van der Waals surface area contributed by atoms with E-state index in [1.165, 1.54) is 11.1 Å². The van der Waals surface area contributed by atoms with Gasteiger partial charge < -0.3 is 10.8 Å². The summed E-state index contributed by atoms with van der Waals surface area (Å²) in [5.74, 6) is 0. The molecule has 0 aliphatic rings. The highest BCUT2D eigenvalue weighted by Gasteiger charge is 2.35. The summed E-state index contributed by atoms with van der Waals surface area (Å²) in [4.78, 5) is 0.298. The molecular formula is C41H47IN2O3S. The number of halogens is 1. The molecule has 0 aliphatic carbocycles. The molecule has 0 saturated heterocycles. The molecule has 0 fully saturated rings. The summed E-state index contributed by atoms with van der Waals surface area (Å²) in [6.45, 7) is 3.00. The van der Waals surface area contributed by atoms with Gasteiger partial charge in [-0.25, -0.2) is 13.1 Å². The standard InChI is InChI=1S/C24H26INO2S.C17H21NO/c1-20-13-15-23(16-14-20)29(27,28)26-19-24(17-8-18-25,21-9-4-2-5-10-21)22-11-6-3-7-12-22;18-14-17(12-7-13-19,15-8-3-1-4-9-15)16-10-5-2-6-11-16/h2-7,9-16,26H,8,17-19H2,1H3;1-6,8-11,19H,7,12-14,18H2. The topological polar surface area (TPSA) is 92.4 Å². The van der Waals surface area contributed by atoms with Gasteiger partial charge in [-0.1, -0.05) is 162 Å². The number of hydrogen-bond donors (Lipinski definition) is 3. The van der Waals surface area contributed by atoms with Crippen molar-refractivity contribution >= 4 is 32.6 Å². The Morgan fingerprint density at radius 2 is 1.02 bits per heavy atom. The molecule has 4 N–H and O–H groups in total. The lowest BCUT2D eigenvalue weighted by Gasteiger charge is -2.35. The zero-order chi connectivity index (χ0) is 34.3. The molecule has 5 rings (SSSR count). The van der Waals surface area contributed by atoms with Crippen LogP contribution in [0.5, 0.6) is 0 Å². The van der Waals surface area contributed by atoms with Crippen LogP contribution in [-0.4, -0.2) is 37.6 Å². The fraction of sp³-hybridized carbons (Fsp3) is 0.268. The molecule has 252 valence electrons. The van der Waals surface area contributed by atoms with Crippen molar-refractivity contribution in [3.05, 3.63) is 173 Å². The minimum absolute atomic E-state index is 0.196.